The average Bonchev–Trinajstić information content (AvgIpc) is 3.28. The molecule has 0 aromatic heterocycles. The number of hydrogen-bond acceptors (Lipinski definition) is 7. The molecule has 1 saturated heterocycles. The van der Waals surface area contributed by atoms with E-state index in [0.717, 1.165) is 5.56 Å². The Kier molecular flexibility index (Phi) is 11.6. The topological polar surface area (TPSA) is 163 Å². The van der Waals surface area contributed by atoms with Crippen LogP contribution in [-0.4, -0.2) is 83.8 Å². The van der Waals surface area contributed by atoms with Crippen LogP contribution in [0.15, 0.2) is 43.0 Å². The summed E-state index contributed by atoms with van der Waals surface area (Å²) in [5, 5.41) is 10.4. The zero-order chi connectivity index (χ0) is 35.3. The quantitative estimate of drug-likeness (QED) is 0.188. The normalized spacial score (nSPS) is 20.9. The molecule has 1 heterocycles. The second-order valence-electron chi connectivity index (χ2n) is 15.1. The van der Waals surface area contributed by atoms with E-state index in [0.29, 0.717) is 19.5 Å². The third-order valence-electron chi connectivity index (χ3n) is 8.78. The van der Waals surface area contributed by atoms with Gasteiger partial charge in [-0.1, -0.05) is 71.0 Å². The summed E-state index contributed by atoms with van der Waals surface area (Å²) in [6, 6.07) is 6.41. The fourth-order valence-corrected chi connectivity index (χ4v) is 6.17. The predicted molar refractivity (Wildman–Crippen MR) is 177 cm³/mol. The lowest BCUT2D eigenvalue weighted by Crippen LogP contribution is -2.60. The van der Waals surface area contributed by atoms with Crippen molar-refractivity contribution in [3.63, 3.8) is 0 Å². The second kappa shape index (κ2) is 14.7. The number of carbonyl (C=O) groups is 6. The van der Waals surface area contributed by atoms with Crippen molar-refractivity contribution in [3.05, 3.63) is 48.6 Å². The van der Waals surface area contributed by atoms with E-state index in [1.165, 1.54) is 11.0 Å². The zero-order valence-corrected chi connectivity index (χ0v) is 28.9. The average molecular weight is 654 g/mol. The molecule has 0 radical (unpaired) electrons. The van der Waals surface area contributed by atoms with E-state index >= 15 is 0 Å². The molecule has 1 aromatic rings. The smallest absolute Gasteiger partial charge is 0.408 e. The van der Waals surface area contributed by atoms with Gasteiger partial charge in [-0.05, 0) is 61.8 Å². The fourth-order valence-electron chi connectivity index (χ4n) is 6.17. The van der Waals surface area contributed by atoms with Crippen molar-refractivity contribution in [1.29, 1.82) is 0 Å². The molecule has 1 aromatic carbocycles. The van der Waals surface area contributed by atoms with Crippen LogP contribution in [0.1, 0.15) is 67.4 Å². The maximum absolute atomic E-state index is 14.0. The van der Waals surface area contributed by atoms with Crippen LogP contribution >= 0.6 is 0 Å². The Morgan fingerprint density at radius 2 is 1.64 bits per heavy atom. The van der Waals surface area contributed by atoms with Gasteiger partial charge < -0.3 is 30.9 Å². The van der Waals surface area contributed by atoms with Gasteiger partial charge in [-0.2, -0.15) is 0 Å². The van der Waals surface area contributed by atoms with Gasteiger partial charge in [-0.3, -0.25) is 24.0 Å². The van der Waals surface area contributed by atoms with Gasteiger partial charge >= 0.3 is 6.09 Å². The third-order valence-corrected chi connectivity index (χ3v) is 8.78. The molecule has 2 aliphatic rings. The maximum Gasteiger partial charge on any atom is 0.408 e. The summed E-state index contributed by atoms with van der Waals surface area (Å²) in [5.74, 6) is -3.56. The maximum atomic E-state index is 14.0. The van der Waals surface area contributed by atoms with Crippen LogP contribution in [0.25, 0.3) is 0 Å². The number of rotatable bonds is 13. The number of nitrogens with zero attached hydrogens (tertiary/aromatic N) is 1. The first kappa shape index (κ1) is 37.2. The number of piperidine rings is 1. The van der Waals surface area contributed by atoms with E-state index < -0.39 is 71.2 Å². The Labute approximate surface area is 277 Å². The molecule has 1 saturated carbocycles. The standard InChI is InChI=1S/C35H51N5O7/c1-10-14-23(27(42)30(44)37-19-24(41)36-18-17-21-15-12-11-13-16-21)38-29(43)26-25-22(35(25,8)9)20-40(26)31(45)28(33(2,3)4)39-32(46)47-34(5,6)7/h10-13,15-16,22-23,25-26,28H,1,14,17-20H2,2-9H3,(H,36,41)(H,37,44)(H,38,43)(H,39,46)/t22?,23?,25?,26-,28?/m0/s1. The van der Waals surface area contributed by atoms with Crippen molar-refractivity contribution in [2.45, 2.75) is 92.0 Å². The molecule has 12 heteroatoms. The first-order valence-corrected chi connectivity index (χ1v) is 16.1. The summed E-state index contributed by atoms with van der Waals surface area (Å²) >= 11 is 0. The van der Waals surface area contributed by atoms with Gasteiger partial charge in [0.25, 0.3) is 5.91 Å². The van der Waals surface area contributed by atoms with Gasteiger partial charge in [-0.15, -0.1) is 6.58 Å². The number of benzene rings is 1. The number of Topliss-reactive ketones (excluding diaryl/α,β-unsaturated/α-hetero) is 1. The summed E-state index contributed by atoms with van der Waals surface area (Å²) in [6.45, 7) is 18.6. The summed E-state index contributed by atoms with van der Waals surface area (Å²) in [5.41, 5.74) is -0.670. The number of alkyl carbamates (subject to hydrolysis) is 1. The number of likely N-dealkylation sites (tertiary alicyclic amines) is 1. The van der Waals surface area contributed by atoms with E-state index in [2.05, 4.69) is 27.8 Å². The van der Waals surface area contributed by atoms with Crippen molar-refractivity contribution < 1.29 is 33.5 Å². The zero-order valence-electron chi connectivity index (χ0n) is 28.9. The molecule has 4 unspecified atom stereocenters. The van der Waals surface area contributed by atoms with Gasteiger partial charge in [0.15, 0.2) is 0 Å². The Bertz CT molecular complexity index is 1360. The van der Waals surface area contributed by atoms with E-state index in [1.54, 1.807) is 20.8 Å². The monoisotopic (exact) mass is 653 g/mol. The Morgan fingerprint density at radius 3 is 2.21 bits per heavy atom. The number of carbonyl (C=O) groups excluding carboxylic acids is 6. The van der Waals surface area contributed by atoms with E-state index in [9.17, 15) is 28.8 Å². The van der Waals surface area contributed by atoms with Crippen molar-refractivity contribution in [2.75, 3.05) is 19.6 Å². The van der Waals surface area contributed by atoms with Gasteiger partial charge in [0.05, 0.1) is 6.54 Å². The molecule has 3 rings (SSSR count). The Balaban J connectivity index is 1.67. The van der Waals surface area contributed by atoms with Gasteiger partial charge in [0, 0.05) is 13.1 Å². The first-order chi connectivity index (χ1) is 21.8. The number of ether oxygens (including phenoxy) is 1. The number of ketones is 1. The minimum absolute atomic E-state index is 0.0375. The molecule has 12 nitrogen and oxygen atoms in total. The van der Waals surface area contributed by atoms with Crippen LogP contribution in [0.2, 0.25) is 0 Å². The predicted octanol–water partition coefficient (Wildman–Crippen LogP) is 2.51. The molecule has 1 aliphatic heterocycles. The summed E-state index contributed by atoms with van der Waals surface area (Å²) in [7, 11) is 0. The van der Waals surface area contributed by atoms with Gasteiger partial charge in [0.2, 0.25) is 23.5 Å². The van der Waals surface area contributed by atoms with Crippen LogP contribution in [0, 0.1) is 22.7 Å². The molecule has 1 aliphatic carbocycles. The minimum Gasteiger partial charge on any atom is -0.444 e. The third kappa shape index (κ3) is 9.65. The van der Waals surface area contributed by atoms with Crippen LogP contribution in [-0.2, 0) is 35.1 Å². The summed E-state index contributed by atoms with van der Waals surface area (Å²) < 4.78 is 5.40. The van der Waals surface area contributed by atoms with Gasteiger partial charge in [0.1, 0.15) is 23.7 Å². The Morgan fingerprint density at radius 1 is 1.00 bits per heavy atom. The number of fused-ring (bicyclic) bond motifs is 1. The highest BCUT2D eigenvalue weighted by Gasteiger charge is 2.70. The van der Waals surface area contributed by atoms with Crippen molar-refractivity contribution in [1.82, 2.24) is 26.2 Å². The van der Waals surface area contributed by atoms with Crippen LogP contribution in [0.3, 0.4) is 0 Å². The Hall–Kier alpha value is -4.22. The molecule has 0 bridgehead atoms. The summed E-state index contributed by atoms with van der Waals surface area (Å²) in [6.07, 6.45) is 1.24. The second-order valence-corrected chi connectivity index (χ2v) is 15.1. The van der Waals surface area contributed by atoms with Crippen molar-refractivity contribution in [2.24, 2.45) is 22.7 Å². The molecule has 0 spiro atoms. The lowest BCUT2D eigenvalue weighted by Gasteiger charge is -2.38. The molecule has 258 valence electrons. The first-order valence-electron chi connectivity index (χ1n) is 16.1. The van der Waals surface area contributed by atoms with Crippen LogP contribution in [0.4, 0.5) is 4.79 Å². The van der Waals surface area contributed by atoms with Gasteiger partial charge in [-0.25, -0.2) is 4.79 Å². The molecular weight excluding hydrogens is 602 g/mol. The van der Waals surface area contributed by atoms with E-state index in [-0.39, 0.29) is 23.7 Å². The molecule has 5 amide bonds. The van der Waals surface area contributed by atoms with Crippen LogP contribution in [0.5, 0.6) is 0 Å². The largest absolute Gasteiger partial charge is 0.444 e. The molecule has 5 atom stereocenters. The molecule has 4 N–H and O–H groups in total. The highest BCUT2D eigenvalue weighted by atomic mass is 16.6. The lowest BCUT2D eigenvalue weighted by molar-refractivity contribution is -0.145. The lowest BCUT2D eigenvalue weighted by atomic mass is 9.85. The highest BCUT2D eigenvalue weighted by molar-refractivity contribution is 6.38. The number of nitrogens with one attached hydrogen (secondary N) is 4. The fraction of sp³-hybridized carbons (Fsp3) is 0.600. The summed E-state index contributed by atoms with van der Waals surface area (Å²) in [4.78, 5) is 80.3. The SMILES string of the molecule is C=CCC(NC(=O)[C@@H]1C2C(CN1C(=O)C(NC(=O)OC(C)(C)C)C(C)(C)C)C2(C)C)C(=O)C(=O)NCC(=O)NCCc1ccccc1. The number of amides is 5. The number of hydrogen-bond donors (Lipinski definition) is 4. The molecule has 47 heavy (non-hydrogen) atoms. The van der Waals surface area contributed by atoms with E-state index in [4.69, 9.17) is 4.74 Å². The minimum atomic E-state index is -1.25. The molecular formula is C35H51N5O7. The molecule has 2 fully saturated rings. The highest BCUT2D eigenvalue weighted by Crippen LogP contribution is 2.65. The van der Waals surface area contributed by atoms with Crippen LogP contribution < -0.4 is 21.3 Å². The van der Waals surface area contributed by atoms with Crippen molar-refractivity contribution >= 4 is 35.5 Å². The van der Waals surface area contributed by atoms with E-state index in [1.807, 2.05) is 65.0 Å². The van der Waals surface area contributed by atoms with Crippen molar-refractivity contribution in [3.8, 4) is 0 Å².